The van der Waals surface area contributed by atoms with Crippen LogP contribution in [0, 0.1) is 0 Å². The predicted molar refractivity (Wildman–Crippen MR) is 105 cm³/mol. The van der Waals surface area contributed by atoms with Gasteiger partial charge < -0.3 is 9.80 Å². The third kappa shape index (κ3) is 3.47. The Morgan fingerprint density at radius 1 is 1.00 bits per heavy atom. The van der Waals surface area contributed by atoms with E-state index in [-0.39, 0.29) is 17.4 Å². The van der Waals surface area contributed by atoms with Crippen LogP contribution in [0.2, 0.25) is 0 Å². The van der Waals surface area contributed by atoms with Gasteiger partial charge in [0.1, 0.15) is 0 Å². The second-order valence-electron chi connectivity index (χ2n) is 7.62. The van der Waals surface area contributed by atoms with Crippen molar-refractivity contribution in [3.05, 3.63) is 66.2 Å². The lowest BCUT2D eigenvalue weighted by atomic mass is 9.92. The van der Waals surface area contributed by atoms with Gasteiger partial charge in [0.25, 0.3) is 0 Å². The molecule has 0 saturated carbocycles. The Morgan fingerprint density at radius 2 is 1.67 bits per heavy atom. The number of carbonyl (C=O) groups excluding carboxylic acids is 2. The van der Waals surface area contributed by atoms with E-state index in [0.717, 1.165) is 24.2 Å². The minimum atomic E-state index is -0.171. The van der Waals surface area contributed by atoms with E-state index in [9.17, 15) is 9.59 Å². The molecule has 4 rings (SSSR count). The lowest BCUT2D eigenvalue weighted by Gasteiger charge is -2.46. The average molecular weight is 363 g/mol. The van der Waals surface area contributed by atoms with Crippen LogP contribution in [0.25, 0.3) is 0 Å². The number of piperazine rings is 1. The average Bonchev–Trinajstić information content (AvgIpc) is 3.12. The molecule has 0 radical (unpaired) electrons. The largest absolute Gasteiger partial charge is 0.340 e. The third-order valence-corrected chi connectivity index (χ3v) is 5.89. The van der Waals surface area contributed by atoms with E-state index < -0.39 is 0 Å². The topological polar surface area (TPSA) is 43.9 Å². The first-order valence-corrected chi connectivity index (χ1v) is 9.46. The van der Waals surface area contributed by atoms with Gasteiger partial charge >= 0.3 is 0 Å². The van der Waals surface area contributed by atoms with Crippen molar-refractivity contribution in [1.29, 1.82) is 0 Å². The second-order valence-corrected chi connectivity index (χ2v) is 7.62. The summed E-state index contributed by atoms with van der Waals surface area (Å²) in [5, 5.41) is 0. The highest BCUT2D eigenvalue weighted by molar-refractivity contribution is 5.96. The van der Waals surface area contributed by atoms with Gasteiger partial charge in [-0.15, -0.1) is 0 Å². The molecule has 2 aromatic carbocycles. The summed E-state index contributed by atoms with van der Waals surface area (Å²) in [6.45, 7) is 2.43. The number of para-hydroxylation sites is 1. The normalized spacial score (nSPS) is 23.2. The number of likely N-dealkylation sites (N-methyl/N-ethyl adjacent to an activating group) is 1. The smallest absolute Gasteiger partial charge is 0.241 e. The van der Waals surface area contributed by atoms with E-state index in [1.54, 1.807) is 0 Å². The molecule has 2 saturated heterocycles. The molecule has 5 nitrogen and oxygen atoms in total. The third-order valence-electron chi connectivity index (χ3n) is 5.89. The Labute approximate surface area is 160 Å². The minimum Gasteiger partial charge on any atom is -0.340 e. The molecule has 1 spiro atoms. The summed E-state index contributed by atoms with van der Waals surface area (Å²) in [5.74, 6) is 0.276. The standard InChI is InChI=1S/C22H25N3O2/c1-23-15-21(27)25(19-10-6-3-7-11-19)17-22(23)12-13-24(16-22)20(26)14-18-8-4-2-5-9-18/h2-11H,12-17H2,1H3/t22-/m1/s1. The van der Waals surface area contributed by atoms with Crippen LogP contribution in [-0.4, -0.2) is 60.4 Å². The van der Waals surface area contributed by atoms with Crippen molar-refractivity contribution in [1.82, 2.24) is 9.80 Å². The van der Waals surface area contributed by atoms with Crippen molar-refractivity contribution in [3.63, 3.8) is 0 Å². The van der Waals surface area contributed by atoms with Crippen LogP contribution < -0.4 is 4.90 Å². The van der Waals surface area contributed by atoms with Gasteiger partial charge in [0.05, 0.1) is 18.5 Å². The maximum absolute atomic E-state index is 12.8. The number of amides is 2. The van der Waals surface area contributed by atoms with E-state index in [0.29, 0.717) is 26.1 Å². The molecule has 140 valence electrons. The molecule has 0 unspecified atom stereocenters. The molecule has 2 aliphatic rings. The SMILES string of the molecule is CN1CC(=O)N(c2ccccc2)C[C@]12CCN(C(=O)Cc1ccccc1)C2. The number of carbonyl (C=O) groups is 2. The molecule has 2 fully saturated rings. The number of likely N-dealkylation sites (tertiary alicyclic amines) is 1. The van der Waals surface area contributed by atoms with Crippen LogP contribution >= 0.6 is 0 Å². The Kier molecular flexibility index (Phi) is 4.70. The van der Waals surface area contributed by atoms with Crippen LogP contribution in [0.1, 0.15) is 12.0 Å². The highest BCUT2D eigenvalue weighted by Gasteiger charge is 2.48. The summed E-state index contributed by atoms with van der Waals surface area (Å²) in [6, 6.07) is 19.7. The number of anilines is 1. The Balaban J connectivity index is 1.49. The van der Waals surface area contributed by atoms with Gasteiger partial charge in [0.2, 0.25) is 11.8 Å². The van der Waals surface area contributed by atoms with Crippen LogP contribution in [0.3, 0.4) is 0 Å². The maximum Gasteiger partial charge on any atom is 0.241 e. The zero-order valence-corrected chi connectivity index (χ0v) is 15.7. The summed E-state index contributed by atoms with van der Waals surface area (Å²) in [4.78, 5) is 31.4. The van der Waals surface area contributed by atoms with Gasteiger partial charge in [-0.05, 0) is 31.2 Å². The molecule has 1 atom stereocenters. The number of rotatable bonds is 3. The zero-order chi connectivity index (χ0) is 18.9. The summed E-state index contributed by atoms with van der Waals surface area (Å²) in [7, 11) is 2.01. The van der Waals surface area contributed by atoms with Crippen molar-refractivity contribution < 1.29 is 9.59 Å². The zero-order valence-electron chi connectivity index (χ0n) is 15.7. The molecule has 27 heavy (non-hydrogen) atoms. The van der Waals surface area contributed by atoms with Gasteiger partial charge in [-0.3, -0.25) is 14.5 Å². The Hall–Kier alpha value is -2.66. The molecule has 0 bridgehead atoms. The fourth-order valence-electron chi connectivity index (χ4n) is 4.19. The van der Waals surface area contributed by atoms with Crippen LogP contribution in [0.4, 0.5) is 5.69 Å². The summed E-state index contributed by atoms with van der Waals surface area (Å²) in [5.41, 5.74) is 1.81. The van der Waals surface area contributed by atoms with Gasteiger partial charge in [-0.25, -0.2) is 0 Å². The second kappa shape index (κ2) is 7.16. The minimum absolute atomic E-state index is 0.114. The van der Waals surface area contributed by atoms with Crippen molar-refractivity contribution >= 4 is 17.5 Å². The first kappa shape index (κ1) is 17.7. The monoisotopic (exact) mass is 363 g/mol. The molecule has 0 aliphatic carbocycles. The summed E-state index contributed by atoms with van der Waals surface area (Å²) in [6.07, 6.45) is 1.32. The van der Waals surface area contributed by atoms with Crippen molar-refractivity contribution in [2.24, 2.45) is 0 Å². The van der Waals surface area contributed by atoms with Crippen molar-refractivity contribution in [3.8, 4) is 0 Å². The molecule has 2 amide bonds. The molecule has 2 heterocycles. The lowest BCUT2D eigenvalue weighted by molar-refractivity contribution is -0.130. The molecular weight excluding hydrogens is 338 g/mol. The summed E-state index contributed by atoms with van der Waals surface area (Å²) >= 11 is 0. The molecule has 2 aromatic rings. The van der Waals surface area contributed by atoms with Gasteiger partial charge in [-0.1, -0.05) is 48.5 Å². The lowest BCUT2D eigenvalue weighted by Crippen LogP contribution is -2.64. The Bertz CT molecular complexity index is 824. The van der Waals surface area contributed by atoms with E-state index in [4.69, 9.17) is 0 Å². The van der Waals surface area contributed by atoms with Crippen LogP contribution in [0.5, 0.6) is 0 Å². The highest BCUT2D eigenvalue weighted by Crippen LogP contribution is 2.33. The van der Waals surface area contributed by atoms with Gasteiger partial charge in [-0.2, -0.15) is 0 Å². The maximum atomic E-state index is 12.8. The molecule has 5 heteroatoms. The summed E-state index contributed by atoms with van der Waals surface area (Å²) < 4.78 is 0. The fraction of sp³-hybridized carbons (Fsp3) is 0.364. The van der Waals surface area contributed by atoms with Gasteiger partial charge in [0, 0.05) is 25.3 Å². The molecule has 2 aliphatic heterocycles. The van der Waals surface area contributed by atoms with E-state index in [1.165, 1.54) is 0 Å². The molecular formula is C22H25N3O2. The van der Waals surface area contributed by atoms with Crippen LogP contribution in [0.15, 0.2) is 60.7 Å². The first-order valence-electron chi connectivity index (χ1n) is 9.46. The molecule has 0 aromatic heterocycles. The highest BCUT2D eigenvalue weighted by atomic mass is 16.2. The fourth-order valence-corrected chi connectivity index (χ4v) is 4.19. The predicted octanol–water partition coefficient (Wildman–Crippen LogP) is 2.18. The van der Waals surface area contributed by atoms with Gasteiger partial charge in [0.15, 0.2) is 0 Å². The Morgan fingerprint density at radius 3 is 2.37 bits per heavy atom. The van der Waals surface area contributed by atoms with E-state index >= 15 is 0 Å². The number of hydrogen-bond donors (Lipinski definition) is 0. The van der Waals surface area contributed by atoms with Crippen LogP contribution in [-0.2, 0) is 16.0 Å². The van der Waals surface area contributed by atoms with E-state index in [2.05, 4.69) is 4.90 Å². The van der Waals surface area contributed by atoms with E-state index in [1.807, 2.05) is 77.5 Å². The van der Waals surface area contributed by atoms with Crippen molar-refractivity contribution in [2.45, 2.75) is 18.4 Å². The number of benzene rings is 2. The quantitative estimate of drug-likeness (QED) is 0.840. The number of hydrogen-bond acceptors (Lipinski definition) is 3. The van der Waals surface area contributed by atoms with Crippen molar-refractivity contribution in [2.75, 3.05) is 38.1 Å². The molecule has 0 N–H and O–H groups in total. The number of nitrogens with zero attached hydrogens (tertiary/aromatic N) is 3. The first-order chi connectivity index (χ1) is 13.1.